The zero-order valence-electron chi connectivity index (χ0n) is 18.7. The molecule has 0 bridgehead atoms. The lowest BCUT2D eigenvalue weighted by Crippen LogP contribution is -2.15. The first-order valence-corrected chi connectivity index (χ1v) is 10.7. The molecule has 4 aromatic rings. The molecule has 0 spiro atoms. The summed E-state index contributed by atoms with van der Waals surface area (Å²) in [5.41, 5.74) is -2.05. The zero-order valence-corrected chi connectivity index (χ0v) is 18.7. The SMILES string of the molecule is Cc1c(C(=O)O)c2cc(OCc3ccccc3)ccc2n1Cc1ccc(C(F)(F)F)cc1C(F)(F)F. The van der Waals surface area contributed by atoms with Crippen LogP contribution in [0.25, 0.3) is 10.9 Å². The number of nitrogens with zero attached hydrogens (tertiary/aromatic N) is 1. The van der Waals surface area contributed by atoms with Gasteiger partial charge in [-0.05, 0) is 48.4 Å². The van der Waals surface area contributed by atoms with Crippen molar-refractivity contribution < 1.29 is 41.0 Å². The molecule has 0 aliphatic carbocycles. The first-order chi connectivity index (χ1) is 16.9. The van der Waals surface area contributed by atoms with Crippen molar-refractivity contribution in [3.05, 3.63) is 100 Å². The minimum atomic E-state index is -5.04. The molecule has 1 aromatic heterocycles. The van der Waals surface area contributed by atoms with Crippen LogP contribution in [0, 0.1) is 6.92 Å². The number of aromatic carboxylic acids is 1. The summed E-state index contributed by atoms with van der Waals surface area (Å²) in [4.78, 5) is 12.0. The highest BCUT2D eigenvalue weighted by molar-refractivity contribution is 6.05. The standard InChI is InChI=1S/C26H19F6NO3/c1-15-23(24(34)35)20-12-19(36-14-16-5-3-2-4-6-16)9-10-22(20)33(15)13-17-7-8-18(25(27,28)29)11-21(17)26(30,31)32/h2-12H,13-14H2,1H3,(H,34,35). The van der Waals surface area contributed by atoms with Crippen LogP contribution in [0.3, 0.4) is 0 Å². The van der Waals surface area contributed by atoms with Gasteiger partial charge in [0.2, 0.25) is 0 Å². The number of rotatable bonds is 6. The monoisotopic (exact) mass is 507 g/mol. The van der Waals surface area contributed by atoms with E-state index in [0.717, 1.165) is 11.6 Å². The number of halogens is 6. The van der Waals surface area contributed by atoms with E-state index in [1.807, 2.05) is 30.3 Å². The predicted octanol–water partition coefficient (Wildman–Crippen LogP) is 7.31. The fourth-order valence-electron chi connectivity index (χ4n) is 4.09. The molecule has 0 aliphatic rings. The van der Waals surface area contributed by atoms with Crippen LogP contribution in [0.4, 0.5) is 26.3 Å². The second kappa shape index (κ2) is 9.25. The van der Waals surface area contributed by atoms with Gasteiger partial charge in [0.05, 0.1) is 16.7 Å². The number of aromatic nitrogens is 1. The zero-order chi connectivity index (χ0) is 26.3. The molecule has 4 nitrogen and oxygen atoms in total. The molecule has 0 amide bonds. The summed E-state index contributed by atoms with van der Waals surface area (Å²) in [7, 11) is 0. The molecule has 0 saturated carbocycles. The number of fused-ring (bicyclic) bond motifs is 1. The van der Waals surface area contributed by atoms with Gasteiger partial charge < -0.3 is 14.4 Å². The second-order valence-corrected chi connectivity index (χ2v) is 8.17. The van der Waals surface area contributed by atoms with Gasteiger partial charge in [-0.1, -0.05) is 36.4 Å². The maximum atomic E-state index is 13.7. The highest BCUT2D eigenvalue weighted by atomic mass is 19.4. The molecule has 0 saturated heterocycles. The average Bonchev–Trinajstić information content (AvgIpc) is 3.08. The number of benzene rings is 3. The van der Waals surface area contributed by atoms with Gasteiger partial charge in [0.15, 0.2) is 0 Å². The largest absolute Gasteiger partial charge is 0.489 e. The summed E-state index contributed by atoms with van der Waals surface area (Å²) >= 11 is 0. The Morgan fingerprint density at radius 1 is 0.917 bits per heavy atom. The van der Waals surface area contributed by atoms with Gasteiger partial charge in [-0.3, -0.25) is 0 Å². The Morgan fingerprint density at radius 2 is 1.61 bits per heavy atom. The maximum Gasteiger partial charge on any atom is 0.416 e. The van der Waals surface area contributed by atoms with Crippen LogP contribution >= 0.6 is 0 Å². The van der Waals surface area contributed by atoms with Crippen LogP contribution in [0.1, 0.15) is 38.3 Å². The predicted molar refractivity (Wildman–Crippen MR) is 120 cm³/mol. The number of ether oxygens (including phenoxy) is 1. The summed E-state index contributed by atoms with van der Waals surface area (Å²) in [6.07, 6.45) is -9.98. The van der Waals surface area contributed by atoms with Gasteiger partial charge in [-0.25, -0.2) is 4.79 Å². The van der Waals surface area contributed by atoms with E-state index in [9.17, 15) is 36.2 Å². The summed E-state index contributed by atoms with van der Waals surface area (Å²) in [5, 5.41) is 10.0. The third kappa shape index (κ3) is 5.02. The molecule has 4 rings (SSSR count). The van der Waals surface area contributed by atoms with E-state index >= 15 is 0 Å². The average molecular weight is 507 g/mol. The topological polar surface area (TPSA) is 51.5 Å². The van der Waals surface area contributed by atoms with Crippen molar-refractivity contribution in [1.82, 2.24) is 4.57 Å². The Morgan fingerprint density at radius 3 is 2.22 bits per heavy atom. The van der Waals surface area contributed by atoms with Crippen molar-refractivity contribution in [3.63, 3.8) is 0 Å². The quantitative estimate of drug-likeness (QED) is 0.279. The number of carboxylic acid groups (broad SMARTS) is 1. The van der Waals surface area contributed by atoms with Crippen molar-refractivity contribution in [2.45, 2.75) is 32.4 Å². The lowest BCUT2D eigenvalue weighted by atomic mass is 10.0. The van der Waals surface area contributed by atoms with Crippen molar-refractivity contribution >= 4 is 16.9 Å². The summed E-state index contributed by atoms with van der Waals surface area (Å²) < 4.78 is 87.2. The number of carbonyl (C=O) groups is 1. The van der Waals surface area contributed by atoms with E-state index in [0.29, 0.717) is 17.3 Å². The van der Waals surface area contributed by atoms with E-state index < -0.39 is 41.6 Å². The molecule has 3 aromatic carbocycles. The van der Waals surface area contributed by atoms with Crippen molar-refractivity contribution in [3.8, 4) is 5.75 Å². The number of hydrogen-bond acceptors (Lipinski definition) is 2. The molecule has 0 aliphatic heterocycles. The number of hydrogen-bond donors (Lipinski definition) is 1. The molecule has 0 fully saturated rings. The normalized spacial score (nSPS) is 12.2. The lowest BCUT2D eigenvalue weighted by molar-refractivity contribution is -0.143. The van der Waals surface area contributed by atoms with Crippen LogP contribution in [-0.2, 0) is 25.5 Å². The van der Waals surface area contributed by atoms with Crippen LogP contribution in [-0.4, -0.2) is 15.6 Å². The van der Waals surface area contributed by atoms with Gasteiger partial charge in [0.1, 0.15) is 12.4 Å². The minimum Gasteiger partial charge on any atom is -0.489 e. The smallest absolute Gasteiger partial charge is 0.416 e. The van der Waals surface area contributed by atoms with Crippen LogP contribution in [0.15, 0.2) is 66.7 Å². The van der Waals surface area contributed by atoms with E-state index in [4.69, 9.17) is 4.74 Å². The van der Waals surface area contributed by atoms with Gasteiger partial charge >= 0.3 is 18.3 Å². The Bertz CT molecular complexity index is 1420. The van der Waals surface area contributed by atoms with E-state index in [-0.39, 0.29) is 29.3 Å². The molecule has 188 valence electrons. The van der Waals surface area contributed by atoms with Crippen LogP contribution in [0.5, 0.6) is 5.75 Å². The molecule has 1 N–H and O–H groups in total. The number of alkyl halides is 6. The summed E-state index contributed by atoms with van der Waals surface area (Å²) in [6.45, 7) is 1.17. The minimum absolute atomic E-state index is 0.0734. The summed E-state index contributed by atoms with van der Waals surface area (Å²) in [6, 6.07) is 15.2. The van der Waals surface area contributed by atoms with Gasteiger partial charge in [-0.2, -0.15) is 26.3 Å². The van der Waals surface area contributed by atoms with Crippen molar-refractivity contribution in [2.24, 2.45) is 0 Å². The molecule has 1 heterocycles. The second-order valence-electron chi connectivity index (χ2n) is 8.17. The van der Waals surface area contributed by atoms with E-state index in [2.05, 4.69) is 0 Å². The van der Waals surface area contributed by atoms with E-state index in [1.165, 1.54) is 23.6 Å². The third-order valence-corrected chi connectivity index (χ3v) is 5.83. The maximum absolute atomic E-state index is 13.7. The molecule has 0 unspecified atom stereocenters. The molecular weight excluding hydrogens is 488 g/mol. The van der Waals surface area contributed by atoms with Crippen LogP contribution in [0.2, 0.25) is 0 Å². The molecule has 0 atom stereocenters. The molecular formula is C26H19F6NO3. The van der Waals surface area contributed by atoms with Gasteiger partial charge in [0.25, 0.3) is 0 Å². The molecule has 36 heavy (non-hydrogen) atoms. The fraction of sp³-hybridized carbons (Fsp3) is 0.192. The first-order valence-electron chi connectivity index (χ1n) is 10.7. The number of carboxylic acids is 1. The molecule has 10 heteroatoms. The van der Waals surface area contributed by atoms with Gasteiger partial charge in [0, 0.05) is 23.1 Å². The van der Waals surface area contributed by atoms with E-state index in [1.54, 1.807) is 6.07 Å². The van der Waals surface area contributed by atoms with Crippen molar-refractivity contribution in [1.29, 1.82) is 0 Å². The Kier molecular flexibility index (Phi) is 6.46. The summed E-state index contributed by atoms with van der Waals surface area (Å²) in [5.74, 6) is -0.934. The fourth-order valence-corrected chi connectivity index (χ4v) is 4.09. The van der Waals surface area contributed by atoms with Crippen LogP contribution < -0.4 is 4.74 Å². The Labute approximate surface area is 201 Å². The molecule has 0 radical (unpaired) electrons. The Hall–Kier alpha value is -3.95. The highest BCUT2D eigenvalue weighted by Crippen LogP contribution is 2.38. The third-order valence-electron chi connectivity index (χ3n) is 5.83. The first kappa shape index (κ1) is 25.2. The Balaban J connectivity index is 1.77. The lowest BCUT2D eigenvalue weighted by Gasteiger charge is -2.17. The van der Waals surface area contributed by atoms with Crippen molar-refractivity contribution in [2.75, 3.05) is 0 Å². The van der Waals surface area contributed by atoms with Gasteiger partial charge in [-0.15, -0.1) is 0 Å². The highest BCUT2D eigenvalue weighted by Gasteiger charge is 2.38.